The monoisotopic (exact) mass is 252 g/mol. The van der Waals surface area contributed by atoms with Crippen molar-refractivity contribution < 1.29 is 9.13 Å². The van der Waals surface area contributed by atoms with Gasteiger partial charge in [-0.05, 0) is 12.8 Å². The van der Waals surface area contributed by atoms with Crippen molar-refractivity contribution in [2.75, 3.05) is 0 Å². The molecule has 0 spiro atoms. The molecule has 0 N–H and O–H groups in total. The average molecular weight is 252 g/mol. The molecule has 0 unspecified atom stereocenters. The van der Waals surface area contributed by atoms with E-state index in [1.807, 2.05) is 0 Å². The predicted octanol–water partition coefficient (Wildman–Crippen LogP) is 2.74. The Balaban J connectivity index is 1.90. The zero-order valence-electron chi connectivity index (χ0n) is 9.16. The largest absolute Gasteiger partial charge is 0.225 e. The Kier molecular flexibility index (Phi) is 3.02. The van der Waals surface area contributed by atoms with Gasteiger partial charge in [0.05, 0.1) is 10.8 Å². The Hall–Kier alpha value is -0.740. The van der Waals surface area contributed by atoms with Gasteiger partial charge in [0.15, 0.2) is 12.4 Å². The minimum atomic E-state index is 0.652. The smallest absolute Gasteiger partial charge is 0.186 e. The third-order valence-electron chi connectivity index (χ3n) is 3.45. The number of rotatable bonds is 2. The van der Waals surface area contributed by atoms with Crippen molar-refractivity contribution >= 4 is 22.7 Å². The van der Waals surface area contributed by atoms with Gasteiger partial charge in [-0.25, -0.2) is 0 Å². The molecule has 0 radical (unpaired) electrons. The van der Waals surface area contributed by atoms with Crippen molar-refractivity contribution in [1.82, 2.24) is 0 Å². The summed E-state index contributed by atoms with van der Waals surface area (Å²) in [6.45, 7) is 0. The molecule has 1 aliphatic carbocycles. The van der Waals surface area contributed by atoms with E-state index in [9.17, 15) is 0 Å². The van der Waals surface area contributed by atoms with E-state index in [0.29, 0.717) is 12.1 Å². The van der Waals surface area contributed by atoms with Crippen LogP contribution in [0.15, 0.2) is 34.2 Å². The van der Waals surface area contributed by atoms with Gasteiger partial charge in [0.1, 0.15) is 0 Å². The highest BCUT2D eigenvalue weighted by atomic mass is 32.1. The topological polar surface area (TPSA) is 7.76 Å². The van der Waals surface area contributed by atoms with Crippen LogP contribution in [0.4, 0.5) is 0 Å². The zero-order valence-corrected chi connectivity index (χ0v) is 10.8. The van der Waals surface area contributed by atoms with Crippen molar-refractivity contribution in [3.8, 4) is 0 Å². The molecule has 1 saturated carbocycles. The highest BCUT2D eigenvalue weighted by molar-refractivity contribution is 7.07. The normalized spacial score (nSPS) is 25.8. The second kappa shape index (κ2) is 4.63. The first-order valence-corrected chi connectivity index (χ1v) is 7.69. The molecule has 2 heterocycles. The van der Waals surface area contributed by atoms with Crippen LogP contribution in [-0.4, -0.2) is 0 Å². The minimum Gasteiger partial charge on any atom is -0.186 e. The molecule has 2 aromatic heterocycles. The van der Waals surface area contributed by atoms with Gasteiger partial charge >= 0.3 is 0 Å². The fraction of sp³-hybridized carbons (Fsp3) is 0.500. The van der Waals surface area contributed by atoms with Crippen LogP contribution in [0.2, 0.25) is 0 Å². The van der Waals surface area contributed by atoms with Crippen LogP contribution >= 0.6 is 22.7 Å². The SMILES string of the molecule is c1c[n+]([C@@H]2CCCC[C@H]2[n+]2ccsc2)cs1. The van der Waals surface area contributed by atoms with E-state index in [-0.39, 0.29) is 0 Å². The lowest BCUT2D eigenvalue weighted by molar-refractivity contribution is -0.815. The first kappa shape index (κ1) is 10.4. The average Bonchev–Trinajstić information content (AvgIpc) is 3.03. The Morgan fingerprint density at radius 1 is 0.812 bits per heavy atom. The molecule has 4 heteroatoms. The molecule has 0 aliphatic heterocycles. The van der Waals surface area contributed by atoms with Gasteiger partial charge in [-0.1, -0.05) is 22.7 Å². The molecule has 3 rings (SSSR count). The lowest BCUT2D eigenvalue weighted by Crippen LogP contribution is -2.52. The molecule has 0 aromatic carbocycles. The number of hydrogen-bond donors (Lipinski definition) is 0. The van der Waals surface area contributed by atoms with Crippen molar-refractivity contribution in [3.63, 3.8) is 0 Å². The second-order valence-corrected chi connectivity index (χ2v) is 5.88. The van der Waals surface area contributed by atoms with E-state index in [1.165, 1.54) is 25.7 Å². The van der Waals surface area contributed by atoms with Gasteiger partial charge in [0.2, 0.25) is 23.1 Å². The van der Waals surface area contributed by atoms with E-state index in [4.69, 9.17) is 0 Å². The summed E-state index contributed by atoms with van der Waals surface area (Å²) in [7, 11) is 0. The predicted molar refractivity (Wildman–Crippen MR) is 65.6 cm³/mol. The molecule has 0 saturated heterocycles. The Morgan fingerprint density at radius 2 is 1.31 bits per heavy atom. The van der Waals surface area contributed by atoms with E-state index in [0.717, 1.165) is 0 Å². The highest BCUT2D eigenvalue weighted by Crippen LogP contribution is 2.30. The van der Waals surface area contributed by atoms with Crippen LogP contribution in [-0.2, 0) is 0 Å². The lowest BCUT2D eigenvalue weighted by Gasteiger charge is -2.21. The maximum absolute atomic E-state index is 2.40. The molecule has 0 bridgehead atoms. The minimum absolute atomic E-state index is 0.652. The Bertz CT molecular complexity index is 380. The summed E-state index contributed by atoms with van der Waals surface area (Å²) < 4.78 is 4.80. The van der Waals surface area contributed by atoms with Gasteiger partial charge < -0.3 is 0 Å². The zero-order chi connectivity index (χ0) is 10.8. The molecule has 84 valence electrons. The number of thiazole rings is 2. The lowest BCUT2D eigenvalue weighted by atomic mass is 9.90. The second-order valence-electron chi connectivity index (χ2n) is 4.37. The highest BCUT2D eigenvalue weighted by Gasteiger charge is 2.39. The summed E-state index contributed by atoms with van der Waals surface area (Å²) >= 11 is 3.58. The number of hydrogen-bond acceptors (Lipinski definition) is 2. The molecule has 2 aromatic rings. The van der Waals surface area contributed by atoms with Gasteiger partial charge in [0, 0.05) is 12.8 Å². The van der Waals surface area contributed by atoms with Crippen LogP contribution in [0.3, 0.4) is 0 Å². The van der Waals surface area contributed by atoms with Crippen LogP contribution < -0.4 is 9.13 Å². The van der Waals surface area contributed by atoms with E-state index >= 15 is 0 Å². The molecule has 1 aliphatic rings. The quantitative estimate of drug-likeness (QED) is 0.726. The van der Waals surface area contributed by atoms with Crippen LogP contribution in [0.5, 0.6) is 0 Å². The summed E-state index contributed by atoms with van der Waals surface area (Å²) in [6.07, 6.45) is 9.81. The fourth-order valence-electron chi connectivity index (χ4n) is 2.66. The first-order valence-electron chi connectivity index (χ1n) is 5.81. The van der Waals surface area contributed by atoms with Gasteiger partial charge in [-0.2, -0.15) is 9.13 Å². The Labute approximate surface area is 104 Å². The molecule has 2 nitrogen and oxygen atoms in total. The van der Waals surface area contributed by atoms with Crippen molar-refractivity contribution in [2.45, 2.75) is 37.8 Å². The molecular formula is C12H16N2S2+2. The summed E-state index contributed by atoms with van der Waals surface area (Å²) in [4.78, 5) is 0. The summed E-state index contributed by atoms with van der Waals surface area (Å²) in [5.41, 5.74) is 4.49. The van der Waals surface area contributed by atoms with Gasteiger partial charge in [0.25, 0.3) is 0 Å². The number of aromatic nitrogens is 2. The first-order chi connectivity index (χ1) is 7.95. The van der Waals surface area contributed by atoms with Crippen molar-refractivity contribution in [2.24, 2.45) is 0 Å². The number of nitrogens with zero attached hydrogens (tertiary/aromatic N) is 2. The maximum Gasteiger partial charge on any atom is 0.225 e. The third-order valence-corrected chi connectivity index (χ3v) is 4.74. The van der Waals surface area contributed by atoms with Gasteiger partial charge in [-0.3, -0.25) is 0 Å². The van der Waals surface area contributed by atoms with Crippen LogP contribution in [0.25, 0.3) is 0 Å². The molecule has 16 heavy (non-hydrogen) atoms. The van der Waals surface area contributed by atoms with Crippen LogP contribution in [0, 0.1) is 0 Å². The Morgan fingerprint density at radius 3 is 1.69 bits per heavy atom. The van der Waals surface area contributed by atoms with E-state index in [2.05, 4.69) is 43.3 Å². The van der Waals surface area contributed by atoms with E-state index < -0.39 is 0 Å². The molecule has 1 fully saturated rings. The summed E-state index contributed by atoms with van der Waals surface area (Å²) in [6, 6.07) is 1.30. The van der Waals surface area contributed by atoms with Crippen molar-refractivity contribution in [3.05, 3.63) is 34.2 Å². The molecular weight excluding hydrogens is 236 g/mol. The summed E-state index contributed by atoms with van der Waals surface area (Å²) in [5, 5.41) is 4.34. The van der Waals surface area contributed by atoms with Crippen LogP contribution in [0.1, 0.15) is 37.8 Å². The fourth-order valence-corrected chi connectivity index (χ4v) is 3.95. The third kappa shape index (κ3) is 1.92. The van der Waals surface area contributed by atoms with E-state index in [1.54, 1.807) is 22.7 Å². The van der Waals surface area contributed by atoms with Gasteiger partial charge in [-0.15, -0.1) is 0 Å². The maximum atomic E-state index is 2.40. The molecule has 0 amide bonds. The summed E-state index contributed by atoms with van der Waals surface area (Å²) in [5.74, 6) is 0. The van der Waals surface area contributed by atoms with Crippen molar-refractivity contribution in [1.29, 1.82) is 0 Å². The molecule has 2 atom stereocenters. The standard InChI is InChI=1S/C12H16N2S2/c1-2-4-12(14-6-8-16-10-14)11(3-1)13-5-7-15-9-13/h5-12H,1-4H2/q+2/t11-,12-/m1/s1.